The van der Waals surface area contributed by atoms with E-state index in [1.54, 1.807) is 29.2 Å². The number of ketones is 1. The number of H-pyrrole nitrogens is 2. The Morgan fingerprint density at radius 1 is 1.20 bits per heavy atom. The number of carboxylic acids is 1. The van der Waals surface area contributed by atoms with Crippen molar-refractivity contribution in [2.45, 2.75) is 19.4 Å². The molecular formula is C21H20N4O4S. The van der Waals surface area contributed by atoms with Gasteiger partial charge in [-0.05, 0) is 68.0 Å². The number of carboxylic acid groups (broad SMARTS) is 1. The van der Waals surface area contributed by atoms with E-state index in [1.807, 2.05) is 18.2 Å². The molecule has 1 fully saturated rings. The van der Waals surface area contributed by atoms with Crippen LogP contribution in [0, 0.1) is 10.7 Å². The van der Waals surface area contributed by atoms with Crippen LogP contribution in [0.25, 0.3) is 11.0 Å². The predicted molar refractivity (Wildman–Crippen MR) is 116 cm³/mol. The zero-order valence-electron chi connectivity index (χ0n) is 16.2. The summed E-state index contributed by atoms with van der Waals surface area (Å²) in [6.07, 6.45) is 1.88. The van der Waals surface area contributed by atoms with Crippen LogP contribution in [0.15, 0.2) is 47.5 Å². The molecule has 2 atom stereocenters. The van der Waals surface area contributed by atoms with Crippen molar-refractivity contribution >= 4 is 52.8 Å². The quantitative estimate of drug-likeness (QED) is 0.315. The van der Waals surface area contributed by atoms with E-state index in [-0.39, 0.29) is 5.78 Å². The largest absolute Gasteiger partial charge is 0.480 e. The number of aromatic amines is 2. The molecule has 2 aromatic carbocycles. The number of hydrogen-bond acceptors (Lipinski definition) is 6. The van der Waals surface area contributed by atoms with Crippen molar-refractivity contribution < 1.29 is 19.4 Å². The van der Waals surface area contributed by atoms with Gasteiger partial charge in [0.25, 0.3) is 0 Å². The lowest BCUT2D eigenvalue weighted by molar-refractivity contribution is -0.141. The number of Topliss-reactive ketones (excluding diaryl/α,β-unsaturated/α-hetero) is 1. The summed E-state index contributed by atoms with van der Waals surface area (Å²) in [5.74, 6) is -1.00. The summed E-state index contributed by atoms with van der Waals surface area (Å²) >= 11 is 5.07. The molecule has 0 radical (unpaired) electrons. The first-order chi connectivity index (χ1) is 14.4. The van der Waals surface area contributed by atoms with Crippen molar-refractivity contribution in [2.75, 3.05) is 11.4 Å². The minimum Gasteiger partial charge on any atom is -0.480 e. The van der Waals surface area contributed by atoms with E-state index in [9.17, 15) is 14.7 Å². The molecule has 0 saturated carbocycles. The summed E-state index contributed by atoms with van der Waals surface area (Å²) in [5, 5.41) is 9.56. The van der Waals surface area contributed by atoms with E-state index >= 15 is 0 Å². The maximum absolute atomic E-state index is 11.8. The Bertz CT molecular complexity index is 1180. The van der Waals surface area contributed by atoms with Crippen LogP contribution in [0.5, 0.6) is 5.75 Å². The first-order valence-electron chi connectivity index (χ1n) is 9.43. The van der Waals surface area contributed by atoms with Crippen molar-refractivity contribution in [1.82, 2.24) is 9.97 Å². The lowest BCUT2D eigenvalue weighted by atomic mass is 9.96. The Balaban J connectivity index is 1.44. The first-order valence-corrected chi connectivity index (χ1v) is 9.84. The molecule has 30 heavy (non-hydrogen) atoms. The summed E-state index contributed by atoms with van der Waals surface area (Å²) < 4.78 is 6.12. The summed E-state index contributed by atoms with van der Waals surface area (Å²) in [7, 11) is 0. The lowest BCUT2D eigenvalue weighted by Crippen LogP contribution is -2.41. The third-order valence-electron chi connectivity index (χ3n) is 5.23. The molecule has 0 amide bonds. The second-order valence-corrected chi connectivity index (χ2v) is 7.55. The fourth-order valence-corrected chi connectivity index (χ4v) is 4.00. The molecule has 1 aromatic heterocycles. The molecule has 3 aromatic rings. The zero-order chi connectivity index (χ0) is 21.3. The van der Waals surface area contributed by atoms with Crippen LogP contribution >= 0.6 is 12.2 Å². The van der Waals surface area contributed by atoms with Crippen molar-refractivity contribution in [3.05, 3.63) is 47.2 Å². The number of carbonyl (C=O) groups is 2. The van der Waals surface area contributed by atoms with Crippen molar-refractivity contribution in [2.24, 2.45) is 10.9 Å². The summed E-state index contributed by atoms with van der Waals surface area (Å²) in [6, 6.07) is 11.8. The van der Waals surface area contributed by atoms with E-state index in [0.717, 1.165) is 16.7 Å². The van der Waals surface area contributed by atoms with E-state index in [1.165, 1.54) is 13.3 Å². The number of anilines is 1. The van der Waals surface area contributed by atoms with Crippen LogP contribution in [-0.4, -0.2) is 45.8 Å². The molecule has 2 heterocycles. The summed E-state index contributed by atoms with van der Waals surface area (Å²) in [6.45, 7) is 1.97. The van der Waals surface area contributed by atoms with Gasteiger partial charge in [0.1, 0.15) is 17.6 Å². The Morgan fingerprint density at radius 2 is 1.93 bits per heavy atom. The van der Waals surface area contributed by atoms with Gasteiger partial charge in [-0.15, -0.1) is 0 Å². The number of fused-ring (bicyclic) bond motifs is 1. The Morgan fingerprint density at radius 3 is 2.63 bits per heavy atom. The van der Waals surface area contributed by atoms with E-state index in [2.05, 4.69) is 15.0 Å². The molecule has 4 rings (SSSR count). The van der Waals surface area contributed by atoms with Crippen LogP contribution in [0.3, 0.4) is 0 Å². The average Bonchev–Trinajstić information content (AvgIpc) is 3.31. The maximum atomic E-state index is 11.8. The minimum atomic E-state index is -0.986. The smallest absolute Gasteiger partial charge is 0.327 e. The number of carbonyl (C=O) groups excluding carboxylic acids is 1. The monoisotopic (exact) mass is 424 g/mol. The highest BCUT2D eigenvalue weighted by molar-refractivity contribution is 7.71. The molecule has 0 aliphatic carbocycles. The molecule has 154 valence electrons. The van der Waals surface area contributed by atoms with E-state index < -0.39 is 17.9 Å². The number of nitrogens with one attached hydrogen (secondary N) is 2. The van der Waals surface area contributed by atoms with E-state index in [4.69, 9.17) is 17.0 Å². The number of hydrogen-bond donors (Lipinski definition) is 3. The van der Waals surface area contributed by atoms with Crippen LogP contribution in [-0.2, 0) is 9.59 Å². The number of nitrogens with zero attached hydrogens (tertiary/aromatic N) is 2. The molecule has 1 aliphatic rings. The van der Waals surface area contributed by atoms with Gasteiger partial charge in [0, 0.05) is 12.2 Å². The molecule has 9 heteroatoms. The van der Waals surface area contributed by atoms with Gasteiger partial charge in [0.05, 0.1) is 22.6 Å². The van der Waals surface area contributed by atoms with E-state index in [0.29, 0.717) is 29.2 Å². The SMILES string of the molecule is CC(=O)C1CCN(c2ccc(OC=Nc3ccc4[nH]c(=S)[nH]c4c3)cc2)C1C(=O)O. The highest BCUT2D eigenvalue weighted by atomic mass is 32.1. The number of ether oxygens (including phenoxy) is 1. The highest BCUT2D eigenvalue weighted by Crippen LogP contribution is 2.31. The predicted octanol–water partition coefficient (Wildman–Crippen LogP) is 3.83. The summed E-state index contributed by atoms with van der Waals surface area (Å²) in [5.41, 5.74) is 3.22. The lowest BCUT2D eigenvalue weighted by Gasteiger charge is -2.25. The van der Waals surface area contributed by atoms with Crippen LogP contribution in [0.4, 0.5) is 11.4 Å². The van der Waals surface area contributed by atoms with Gasteiger partial charge in [-0.3, -0.25) is 4.79 Å². The van der Waals surface area contributed by atoms with Crippen LogP contribution in [0.2, 0.25) is 0 Å². The number of aromatic nitrogens is 2. The molecule has 3 N–H and O–H groups in total. The van der Waals surface area contributed by atoms with Gasteiger partial charge in [0.2, 0.25) is 0 Å². The zero-order valence-corrected chi connectivity index (χ0v) is 17.0. The minimum absolute atomic E-state index is 0.0968. The molecule has 8 nitrogen and oxygen atoms in total. The fourth-order valence-electron chi connectivity index (χ4n) is 3.78. The van der Waals surface area contributed by atoms with Gasteiger partial charge in [-0.25, -0.2) is 9.79 Å². The molecular weight excluding hydrogens is 404 g/mol. The van der Waals surface area contributed by atoms with Crippen molar-refractivity contribution in [1.29, 1.82) is 0 Å². The van der Waals surface area contributed by atoms with Gasteiger partial charge < -0.3 is 24.7 Å². The Kier molecular flexibility index (Phi) is 5.37. The van der Waals surface area contributed by atoms with Gasteiger partial charge in [-0.2, -0.15) is 0 Å². The fraction of sp³-hybridized carbons (Fsp3) is 0.238. The highest BCUT2D eigenvalue weighted by Gasteiger charge is 2.41. The van der Waals surface area contributed by atoms with Crippen molar-refractivity contribution in [3.63, 3.8) is 0 Å². The Hall–Kier alpha value is -3.46. The second kappa shape index (κ2) is 8.11. The maximum Gasteiger partial charge on any atom is 0.327 e. The van der Waals surface area contributed by atoms with Crippen molar-refractivity contribution in [3.8, 4) is 5.75 Å². The van der Waals surface area contributed by atoms with Crippen LogP contribution < -0.4 is 9.64 Å². The molecule has 0 bridgehead atoms. The standard InChI is InChI=1S/C21H20N4O4S/c1-12(26)16-8-9-25(19(16)20(27)28)14-3-5-15(6-4-14)29-11-22-13-2-7-17-18(10-13)24-21(30)23-17/h2-7,10-11,16,19H,8-9H2,1H3,(H,27,28)(H2,23,24,30). The molecule has 1 aliphatic heterocycles. The normalized spacial score (nSPS) is 18.9. The first kappa shape index (κ1) is 19.8. The molecule has 2 unspecified atom stereocenters. The number of imidazole rings is 1. The second-order valence-electron chi connectivity index (χ2n) is 7.14. The van der Waals surface area contributed by atoms with Gasteiger partial charge >= 0.3 is 5.97 Å². The van der Waals surface area contributed by atoms with Crippen LogP contribution in [0.1, 0.15) is 13.3 Å². The Labute approximate surface area is 177 Å². The van der Waals surface area contributed by atoms with Gasteiger partial charge in [0.15, 0.2) is 11.2 Å². The average molecular weight is 424 g/mol. The number of aliphatic carboxylic acids is 1. The number of aliphatic imine (C=N–C) groups is 1. The van der Waals surface area contributed by atoms with Gasteiger partial charge in [-0.1, -0.05) is 0 Å². The molecule has 1 saturated heterocycles. The third kappa shape index (κ3) is 3.97. The number of benzene rings is 2. The topological polar surface area (TPSA) is 111 Å². The summed E-state index contributed by atoms with van der Waals surface area (Å²) in [4.78, 5) is 35.6. The third-order valence-corrected chi connectivity index (χ3v) is 5.44. The molecule has 0 spiro atoms. The number of rotatable bonds is 6.